The van der Waals surface area contributed by atoms with Crippen molar-refractivity contribution in [3.63, 3.8) is 0 Å². The number of carboxylic acid groups (broad SMARTS) is 1. The van der Waals surface area contributed by atoms with E-state index in [1.165, 1.54) is 29.2 Å². The molecule has 2 aromatic rings. The van der Waals surface area contributed by atoms with Crippen LogP contribution in [0.3, 0.4) is 0 Å². The molecule has 0 radical (unpaired) electrons. The molecule has 1 aliphatic heterocycles. The molecular formula is C11H7FN2O2S2. The van der Waals surface area contributed by atoms with E-state index in [4.69, 9.17) is 5.11 Å². The Morgan fingerprint density at radius 1 is 1.50 bits per heavy atom. The molecule has 18 heavy (non-hydrogen) atoms. The number of thiazole rings is 1. The van der Waals surface area contributed by atoms with E-state index < -0.39 is 12.0 Å². The Labute approximate surface area is 110 Å². The normalized spacial score (nSPS) is 19.2. The molecule has 0 saturated carbocycles. The second-order valence-electron chi connectivity index (χ2n) is 3.70. The van der Waals surface area contributed by atoms with Crippen LogP contribution in [0.1, 0.15) is 5.01 Å². The summed E-state index contributed by atoms with van der Waals surface area (Å²) in [5.74, 6) is -0.901. The predicted molar refractivity (Wildman–Crippen MR) is 70.0 cm³/mol. The van der Waals surface area contributed by atoms with E-state index in [2.05, 4.69) is 9.98 Å². The summed E-state index contributed by atoms with van der Waals surface area (Å²) in [4.78, 5) is 19.1. The molecule has 0 fully saturated rings. The zero-order valence-corrected chi connectivity index (χ0v) is 10.6. The molecule has 0 saturated heterocycles. The first-order valence-electron chi connectivity index (χ1n) is 5.14. The van der Waals surface area contributed by atoms with Gasteiger partial charge in [0.25, 0.3) is 0 Å². The zero-order valence-electron chi connectivity index (χ0n) is 8.96. The van der Waals surface area contributed by atoms with E-state index in [-0.39, 0.29) is 5.82 Å². The quantitative estimate of drug-likeness (QED) is 0.918. The largest absolute Gasteiger partial charge is 0.480 e. The highest BCUT2D eigenvalue weighted by Gasteiger charge is 2.27. The summed E-state index contributed by atoms with van der Waals surface area (Å²) in [5.41, 5.74) is 0.319. The number of aliphatic carboxylic acids is 1. The lowest BCUT2D eigenvalue weighted by Crippen LogP contribution is -2.17. The minimum absolute atomic E-state index is 0.319. The van der Waals surface area contributed by atoms with Crippen molar-refractivity contribution >= 4 is 44.3 Å². The lowest BCUT2D eigenvalue weighted by Gasteiger charge is -1.93. The van der Waals surface area contributed by atoms with Crippen LogP contribution in [-0.4, -0.2) is 32.9 Å². The maximum atomic E-state index is 13.5. The van der Waals surface area contributed by atoms with E-state index in [0.29, 0.717) is 21.3 Å². The highest BCUT2D eigenvalue weighted by molar-refractivity contribution is 8.15. The zero-order chi connectivity index (χ0) is 12.7. The first-order valence-corrected chi connectivity index (χ1v) is 6.94. The van der Waals surface area contributed by atoms with E-state index in [9.17, 15) is 9.18 Å². The van der Waals surface area contributed by atoms with Crippen LogP contribution in [0.2, 0.25) is 0 Å². The van der Waals surface area contributed by atoms with Crippen LogP contribution in [0.25, 0.3) is 10.2 Å². The number of nitrogens with zero attached hydrogens (tertiary/aromatic N) is 2. The van der Waals surface area contributed by atoms with Gasteiger partial charge in [0.05, 0.1) is 4.70 Å². The third-order valence-corrected chi connectivity index (χ3v) is 4.70. The number of hydrogen-bond donors (Lipinski definition) is 1. The fourth-order valence-corrected chi connectivity index (χ4v) is 3.70. The lowest BCUT2D eigenvalue weighted by molar-refractivity contribution is -0.137. The summed E-state index contributed by atoms with van der Waals surface area (Å²) in [6.45, 7) is 0. The van der Waals surface area contributed by atoms with Gasteiger partial charge in [-0.25, -0.2) is 14.2 Å². The molecule has 0 spiro atoms. The summed E-state index contributed by atoms with van der Waals surface area (Å²) < 4.78 is 14.2. The monoisotopic (exact) mass is 282 g/mol. The standard InChI is InChI=1S/C11H7FN2O2S2/c12-5-2-1-3-7-8(5)14-10(18-7)9-13-6(4-17-9)11(15)16/h1-3,6H,4H2,(H,15,16). The molecule has 0 amide bonds. The van der Waals surface area contributed by atoms with Crippen LogP contribution in [0, 0.1) is 5.82 Å². The molecule has 2 heterocycles. The molecular weight excluding hydrogens is 275 g/mol. The number of thioether (sulfide) groups is 1. The maximum absolute atomic E-state index is 13.5. The third-order valence-electron chi connectivity index (χ3n) is 2.49. The van der Waals surface area contributed by atoms with Crippen molar-refractivity contribution in [1.29, 1.82) is 0 Å². The smallest absolute Gasteiger partial charge is 0.329 e. The van der Waals surface area contributed by atoms with Crippen molar-refractivity contribution in [2.24, 2.45) is 4.99 Å². The number of halogens is 1. The molecule has 7 heteroatoms. The lowest BCUT2D eigenvalue weighted by atomic mass is 10.3. The minimum atomic E-state index is -0.940. The number of para-hydroxylation sites is 1. The summed E-state index contributed by atoms with van der Waals surface area (Å²) in [7, 11) is 0. The molecule has 1 aromatic carbocycles. The summed E-state index contributed by atoms with van der Waals surface area (Å²) in [6, 6.07) is 4.05. The summed E-state index contributed by atoms with van der Waals surface area (Å²) in [6.07, 6.45) is 0. The molecule has 1 unspecified atom stereocenters. The minimum Gasteiger partial charge on any atom is -0.480 e. The summed E-state index contributed by atoms with van der Waals surface area (Å²) in [5, 5.41) is 10.0. The van der Waals surface area contributed by atoms with Crippen LogP contribution in [-0.2, 0) is 4.79 Å². The Morgan fingerprint density at radius 2 is 2.33 bits per heavy atom. The van der Waals surface area contributed by atoms with Crippen molar-refractivity contribution in [3.05, 3.63) is 29.0 Å². The van der Waals surface area contributed by atoms with E-state index in [1.54, 1.807) is 12.1 Å². The van der Waals surface area contributed by atoms with Gasteiger partial charge in [-0.2, -0.15) is 0 Å². The van der Waals surface area contributed by atoms with E-state index >= 15 is 0 Å². The van der Waals surface area contributed by atoms with Gasteiger partial charge in [-0.1, -0.05) is 6.07 Å². The highest BCUT2D eigenvalue weighted by atomic mass is 32.2. The van der Waals surface area contributed by atoms with E-state index in [1.807, 2.05) is 0 Å². The molecule has 4 nitrogen and oxygen atoms in total. The number of carbonyl (C=O) groups is 1. The van der Waals surface area contributed by atoms with Crippen molar-refractivity contribution in [3.8, 4) is 0 Å². The Balaban J connectivity index is 2.03. The van der Waals surface area contributed by atoms with Crippen LogP contribution >= 0.6 is 23.1 Å². The average Bonchev–Trinajstić information content (AvgIpc) is 2.95. The van der Waals surface area contributed by atoms with Crippen molar-refractivity contribution < 1.29 is 14.3 Å². The van der Waals surface area contributed by atoms with Gasteiger partial charge in [-0.3, -0.25) is 4.99 Å². The number of aliphatic imine (C=N–C) groups is 1. The molecule has 1 atom stereocenters. The Morgan fingerprint density at radius 3 is 3.00 bits per heavy atom. The number of hydrogen-bond acceptors (Lipinski definition) is 5. The van der Waals surface area contributed by atoms with Crippen molar-refractivity contribution in [2.45, 2.75) is 6.04 Å². The van der Waals surface area contributed by atoms with Crippen LogP contribution in [0.4, 0.5) is 4.39 Å². The second kappa shape index (κ2) is 4.33. The van der Waals surface area contributed by atoms with Gasteiger partial charge >= 0.3 is 5.97 Å². The Kier molecular flexibility index (Phi) is 2.79. The van der Waals surface area contributed by atoms with Gasteiger partial charge in [0.2, 0.25) is 0 Å². The first kappa shape index (κ1) is 11.6. The van der Waals surface area contributed by atoms with Crippen molar-refractivity contribution in [2.75, 3.05) is 5.75 Å². The number of carboxylic acids is 1. The van der Waals surface area contributed by atoms with Gasteiger partial charge in [0.15, 0.2) is 6.04 Å². The number of benzene rings is 1. The molecule has 0 bridgehead atoms. The van der Waals surface area contributed by atoms with E-state index in [0.717, 1.165) is 4.70 Å². The average molecular weight is 282 g/mol. The molecule has 0 aliphatic carbocycles. The maximum Gasteiger partial charge on any atom is 0.329 e. The molecule has 1 aliphatic rings. The highest BCUT2D eigenvalue weighted by Crippen LogP contribution is 2.30. The molecule has 1 N–H and O–H groups in total. The SMILES string of the molecule is O=C(O)C1CSC(c2nc3c(F)cccc3s2)=N1. The second-order valence-corrected chi connectivity index (χ2v) is 5.74. The van der Waals surface area contributed by atoms with Gasteiger partial charge < -0.3 is 5.11 Å². The Bertz CT molecular complexity index is 668. The number of fused-ring (bicyclic) bond motifs is 1. The van der Waals surface area contributed by atoms with Gasteiger partial charge in [-0.05, 0) is 12.1 Å². The third kappa shape index (κ3) is 1.89. The van der Waals surface area contributed by atoms with Gasteiger partial charge in [-0.15, -0.1) is 23.1 Å². The molecule has 3 rings (SSSR count). The Hall–Kier alpha value is -1.47. The van der Waals surface area contributed by atoms with Crippen LogP contribution in [0.5, 0.6) is 0 Å². The molecule has 1 aromatic heterocycles. The topological polar surface area (TPSA) is 62.5 Å². The van der Waals surface area contributed by atoms with Gasteiger partial charge in [0, 0.05) is 5.75 Å². The fraction of sp³-hybridized carbons (Fsp3) is 0.182. The molecule has 92 valence electrons. The van der Waals surface area contributed by atoms with Gasteiger partial charge in [0.1, 0.15) is 21.4 Å². The fourth-order valence-electron chi connectivity index (χ4n) is 1.62. The number of rotatable bonds is 2. The predicted octanol–water partition coefficient (Wildman–Crippen LogP) is 2.38. The first-order chi connectivity index (χ1) is 8.65. The number of aromatic nitrogens is 1. The summed E-state index contributed by atoms with van der Waals surface area (Å²) >= 11 is 2.67. The van der Waals surface area contributed by atoms with Crippen molar-refractivity contribution in [1.82, 2.24) is 4.98 Å². The van der Waals surface area contributed by atoms with Crippen LogP contribution < -0.4 is 0 Å². The van der Waals surface area contributed by atoms with Crippen LogP contribution in [0.15, 0.2) is 23.2 Å².